The first-order chi connectivity index (χ1) is 13.3. The van der Waals surface area contributed by atoms with Crippen LogP contribution in [0.15, 0.2) is 101 Å². The van der Waals surface area contributed by atoms with Crippen LogP contribution in [0, 0.1) is 0 Å². The molecule has 0 fully saturated rings. The summed E-state index contributed by atoms with van der Waals surface area (Å²) in [7, 11) is 0. The molecular weight excluding hydrogens is 330 g/mol. The Morgan fingerprint density at radius 3 is 2.00 bits per heavy atom. The molecular formula is C25H18NO+. The molecule has 128 valence electrons. The Hall–Kier alpha value is -3.65. The Labute approximate surface area is 157 Å². The van der Waals surface area contributed by atoms with Gasteiger partial charge in [0.05, 0.1) is 0 Å². The minimum absolute atomic E-state index is 0.896. The fourth-order valence-electron chi connectivity index (χ4n) is 3.50. The highest BCUT2D eigenvalue weighted by molar-refractivity contribution is 6.05. The molecule has 0 saturated carbocycles. The third-order valence-corrected chi connectivity index (χ3v) is 4.96. The van der Waals surface area contributed by atoms with E-state index in [0.717, 1.165) is 33.3 Å². The van der Waals surface area contributed by atoms with Crippen molar-refractivity contribution < 1.29 is 4.42 Å². The van der Waals surface area contributed by atoms with E-state index in [4.69, 9.17) is 4.42 Å². The third kappa shape index (κ3) is 2.72. The molecule has 27 heavy (non-hydrogen) atoms. The van der Waals surface area contributed by atoms with Gasteiger partial charge in [-0.2, -0.15) is 4.58 Å². The van der Waals surface area contributed by atoms with Gasteiger partial charge in [-0.15, -0.1) is 0 Å². The molecule has 0 aliphatic heterocycles. The van der Waals surface area contributed by atoms with Crippen molar-refractivity contribution in [3.63, 3.8) is 0 Å². The summed E-state index contributed by atoms with van der Waals surface area (Å²) in [5.41, 5.74) is 6.29. The summed E-state index contributed by atoms with van der Waals surface area (Å²) in [5.74, 6) is 0. The molecule has 5 aromatic rings. The van der Waals surface area contributed by atoms with Gasteiger partial charge in [-0.1, -0.05) is 48.5 Å². The van der Waals surface area contributed by atoms with Crippen LogP contribution in [0.4, 0.5) is 11.4 Å². The number of rotatable bonds is 3. The molecule has 0 saturated heterocycles. The Morgan fingerprint density at radius 2 is 1.19 bits per heavy atom. The van der Waals surface area contributed by atoms with Crippen LogP contribution < -0.4 is 4.58 Å². The van der Waals surface area contributed by atoms with E-state index < -0.39 is 0 Å². The Bertz CT molecular complexity index is 1260. The molecule has 0 atom stereocenters. The fourth-order valence-corrected chi connectivity index (χ4v) is 3.50. The van der Waals surface area contributed by atoms with Crippen LogP contribution in [0.5, 0.6) is 0 Å². The minimum atomic E-state index is 0.896. The van der Waals surface area contributed by atoms with Gasteiger partial charge in [-0.25, -0.2) is 0 Å². The summed E-state index contributed by atoms with van der Waals surface area (Å²) < 4.78 is 7.87. The van der Waals surface area contributed by atoms with E-state index in [0.29, 0.717) is 0 Å². The molecule has 1 aromatic heterocycles. The van der Waals surface area contributed by atoms with Gasteiger partial charge < -0.3 is 4.42 Å². The number of benzene rings is 4. The second-order valence-corrected chi connectivity index (χ2v) is 6.62. The van der Waals surface area contributed by atoms with Crippen LogP contribution in [0.25, 0.3) is 33.1 Å². The van der Waals surface area contributed by atoms with Crippen molar-refractivity contribution >= 4 is 40.0 Å². The molecule has 1 heterocycles. The summed E-state index contributed by atoms with van der Waals surface area (Å²) in [6.07, 6.45) is 0. The van der Waals surface area contributed by atoms with Crippen LogP contribution in [0.1, 0.15) is 0 Å². The zero-order valence-corrected chi connectivity index (χ0v) is 14.8. The van der Waals surface area contributed by atoms with Crippen molar-refractivity contribution in [1.82, 2.24) is 4.58 Å². The van der Waals surface area contributed by atoms with Crippen LogP contribution >= 0.6 is 0 Å². The van der Waals surface area contributed by atoms with E-state index in [1.165, 1.54) is 11.1 Å². The number of fused-ring (bicyclic) bond motifs is 3. The van der Waals surface area contributed by atoms with Crippen molar-refractivity contribution in [3.8, 4) is 11.1 Å². The molecule has 0 amide bonds. The number of hydrogen-bond acceptors (Lipinski definition) is 1. The second-order valence-electron chi connectivity index (χ2n) is 6.62. The SMILES string of the molecule is C=[N+](c1ccc(-c2ccccc2)cc1)c1ccc2oc3ccccc3c2c1. The van der Waals surface area contributed by atoms with E-state index >= 15 is 0 Å². The molecule has 0 bridgehead atoms. The lowest BCUT2D eigenvalue weighted by Crippen LogP contribution is -1.99. The zero-order chi connectivity index (χ0) is 18.2. The molecule has 0 aliphatic carbocycles. The molecule has 2 nitrogen and oxygen atoms in total. The lowest BCUT2D eigenvalue weighted by atomic mass is 10.1. The summed E-state index contributed by atoms with van der Waals surface area (Å²) in [4.78, 5) is 0. The molecule has 4 aromatic carbocycles. The first-order valence-corrected chi connectivity index (χ1v) is 8.97. The highest BCUT2D eigenvalue weighted by atomic mass is 16.3. The first-order valence-electron chi connectivity index (χ1n) is 8.97. The van der Waals surface area contributed by atoms with Gasteiger partial charge in [0.1, 0.15) is 17.9 Å². The molecule has 0 spiro atoms. The number of furan rings is 1. The summed E-state index contributed by atoms with van der Waals surface area (Å²) in [6.45, 7) is 4.25. The van der Waals surface area contributed by atoms with Crippen LogP contribution in [-0.4, -0.2) is 6.72 Å². The van der Waals surface area contributed by atoms with Gasteiger partial charge in [-0.3, -0.25) is 0 Å². The smallest absolute Gasteiger partial charge is 0.211 e. The highest BCUT2D eigenvalue weighted by Crippen LogP contribution is 2.32. The van der Waals surface area contributed by atoms with E-state index in [2.05, 4.69) is 67.4 Å². The lowest BCUT2D eigenvalue weighted by Gasteiger charge is -2.03. The van der Waals surface area contributed by atoms with Crippen molar-refractivity contribution in [2.75, 3.05) is 0 Å². The van der Waals surface area contributed by atoms with E-state index in [9.17, 15) is 0 Å². The average molecular weight is 348 g/mol. The number of para-hydroxylation sites is 1. The standard InChI is InChI=1S/C25H18NO/c1-26(20-13-11-19(12-14-20)18-7-3-2-4-8-18)21-15-16-25-23(17-21)22-9-5-6-10-24(22)27-25/h2-17H,1H2/q+1. The quantitative estimate of drug-likeness (QED) is 0.259. The predicted molar refractivity (Wildman–Crippen MR) is 114 cm³/mol. The maximum atomic E-state index is 5.92. The largest absolute Gasteiger partial charge is 0.456 e. The number of nitrogens with zero attached hydrogens (tertiary/aromatic N) is 1. The first kappa shape index (κ1) is 15.6. The van der Waals surface area contributed by atoms with Crippen molar-refractivity contribution in [1.29, 1.82) is 0 Å². The molecule has 0 N–H and O–H groups in total. The van der Waals surface area contributed by atoms with Crippen molar-refractivity contribution in [2.45, 2.75) is 0 Å². The topological polar surface area (TPSA) is 16.1 Å². The lowest BCUT2D eigenvalue weighted by molar-refractivity contribution is 0.669. The third-order valence-electron chi connectivity index (χ3n) is 4.96. The van der Waals surface area contributed by atoms with E-state index in [-0.39, 0.29) is 0 Å². The molecule has 2 heteroatoms. The molecule has 0 radical (unpaired) electrons. The monoisotopic (exact) mass is 348 g/mol. The predicted octanol–water partition coefficient (Wildman–Crippen LogP) is 6.79. The average Bonchev–Trinajstić information content (AvgIpc) is 3.12. The Morgan fingerprint density at radius 1 is 0.556 bits per heavy atom. The summed E-state index contributed by atoms with van der Waals surface area (Å²) in [6, 6.07) is 33.2. The van der Waals surface area contributed by atoms with Crippen molar-refractivity contribution in [3.05, 3.63) is 97.1 Å². The van der Waals surface area contributed by atoms with Gasteiger partial charge in [0, 0.05) is 35.0 Å². The van der Waals surface area contributed by atoms with Crippen LogP contribution in [0.3, 0.4) is 0 Å². The zero-order valence-electron chi connectivity index (χ0n) is 14.8. The normalized spacial score (nSPS) is 11.1. The van der Waals surface area contributed by atoms with E-state index in [1.54, 1.807) is 0 Å². The Kier molecular flexibility index (Phi) is 3.61. The van der Waals surface area contributed by atoms with E-state index in [1.807, 2.05) is 41.0 Å². The van der Waals surface area contributed by atoms with Gasteiger partial charge in [0.15, 0.2) is 0 Å². The number of hydrogen-bond donors (Lipinski definition) is 0. The fraction of sp³-hybridized carbons (Fsp3) is 0. The minimum Gasteiger partial charge on any atom is -0.456 e. The van der Waals surface area contributed by atoms with Gasteiger partial charge >= 0.3 is 0 Å². The molecule has 0 aliphatic rings. The Balaban J connectivity index is 1.52. The van der Waals surface area contributed by atoms with Gasteiger partial charge in [0.2, 0.25) is 11.4 Å². The van der Waals surface area contributed by atoms with Crippen molar-refractivity contribution in [2.24, 2.45) is 0 Å². The van der Waals surface area contributed by atoms with Gasteiger partial charge in [-0.05, 0) is 35.4 Å². The maximum Gasteiger partial charge on any atom is 0.211 e. The van der Waals surface area contributed by atoms with Crippen LogP contribution in [0.2, 0.25) is 0 Å². The summed E-state index contributed by atoms with van der Waals surface area (Å²) >= 11 is 0. The molecule has 0 unspecified atom stereocenters. The van der Waals surface area contributed by atoms with Gasteiger partial charge in [0.25, 0.3) is 0 Å². The maximum absolute atomic E-state index is 5.92. The highest BCUT2D eigenvalue weighted by Gasteiger charge is 2.14. The van der Waals surface area contributed by atoms with Crippen LogP contribution in [-0.2, 0) is 0 Å². The summed E-state index contributed by atoms with van der Waals surface area (Å²) in [5, 5.41) is 2.24. The molecule has 5 rings (SSSR count). The second kappa shape index (κ2) is 6.26.